The molecule has 5 rings (SSSR count). The molecule has 2 heterocycles. The van der Waals surface area contributed by atoms with Crippen LogP contribution in [0.2, 0.25) is 0 Å². The van der Waals surface area contributed by atoms with E-state index in [1.165, 1.54) is 32.1 Å². The van der Waals surface area contributed by atoms with E-state index in [1.807, 2.05) is 48.2 Å². The Morgan fingerprint density at radius 2 is 1.66 bits per heavy atom. The molecule has 1 N–H and O–H groups in total. The summed E-state index contributed by atoms with van der Waals surface area (Å²) in [6.07, 6.45) is 6.29. The summed E-state index contributed by atoms with van der Waals surface area (Å²) in [6.45, 7) is 4.97. The number of anilines is 2. The molecule has 1 aliphatic heterocycles. The third kappa shape index (κ3) is 4.54. The van der Waals surface area contributed by atoms with Gasteiger partial charge in [0.15, 0.2) is 0 Å². The van der Waals surface area contributed by atoms with Crippen LogP contribution in [-0.2, 0) is 0 Å². The van der Waals surface area contributed by atoms with E-state index in [-0.39, 0.29) is 5.91 Å². The fraction of sp³-hybridized carbons (Fsp3) is 0.423. The summed E-state index contributed by atoms with van der Waals surface area (Å²) < 4.78 is 0. The zero-order chi connectivity index (χ0) is 21.9. The van der Waals surface area contributed by atoms with Crippen LogP contribution < -0.4 is 10.2 Å². The standard InChI is InChI=1S/C26H31N5O/c1-19-17-24(29-26(27-19)28-23-9-3-2-4-10-23)30-13-15-31(16-14-30)25(32)22-12-11-20-7-5-6-8-21(20)18-22/h5-8,11-12,17-18,23H,2-4,9-10,13-16H2,1H3,(H,27,28,29). The lowest BCUT2D eigenvalue weighted by Gasteiger charge is -2.35. The number of carbonyl (C=O) groups excluding carboxylic acids is 1. The molecule has 1 aromatic heterocycles. The predicted octanol–water partition coefficient (Wildman–Crippen LogP) is 4.65. The van der Waals surface area contributed by atoms with E-state index >= 15 is 0 Å². The summed E-state index contributed by atoms with van der Waals surface area (Å²) in [6, 6.07) is 16.7. The second-order valence-electron chi connectivity index (χ2n) is 9.01. The van der Waals surface area contributed by atoms with Gasteiger partial charge in [-0.2, -0.15) is 4.98 Å². The molecular formula is C26H31N5O. The number of amides is 1. The number of hydrogen-bond acceptors (Lipinski definition) is 5. The smallest absolute Gasteiger partial charge is 0.253 e. The van der Waals surface area contributed by atoms with E-state index in [0.29, 0.717) is 19.1 Å². The number of rotatable bonds is 4. The van der Waals surface area contributed by atoms with E-state index in [9.17, 15) is 4.79 Å². The third-order valence-electron chi connectivity index (χ3n) is 6.67. The highest BCUT2D eigenvalue weighted by molar-refractivity contribution is 5.98. The number of carbonyl (C=O) groups is 1. The Bertz CT molecular complexity index is 1100. The minimum atomic E-state index is 0.105. The van der Waals surface area contributed by atoms with E-state index in [4.69, 9.17) is 4.98 Å². The molecule has 0 bridgehead atoms. The van der Waals surface area contributed by atoms with Gasteiger partial charge in [0.1, 0.15) is 5.82 Å². The Morgan fingerprint density at radius 3 is 2.44 bits per heavy atom. The lowest BCUT2D eigenvalue weighted by Crippen LogP contribution is -2.49. The van der Waals surface area contributed by atoms with Gasteiger partial charge >= 0.3 is 0 Å². The number of nitrogens with zero attached hydrogens (tertiary/aromatic N) is 4. The molecule has 1 saturated carbocycles. The van der Waals surface area contributed by atoms with Crippen molar-refractivity contribution in [1.29, 1.82) is 0 Å². The van der Waals surface area contributed by atoms with Gasteiger partial charge < -0.3 is 15.1 Å². The molecule has 2 aliphatic rings. The number of aromatic nitrogens is 2. The number of fused-ring (bicyclic) bond motifs is 1. The molecule has 6 heteroatoms. The van der Waals surface area contributed by atoms with Crippen molar-refractivity contribution in [2.24, 2.45) is 0 Å². The number of aryl methyl sites for hydroxylation is 1. The van der Waals surface area contributed by atoms with Crippen LogP contribution in [0.1, 0.15) is 48.2 Å². The van der Waals surface area contributed by atoms with Crippen molar-refractivity contribution in [3.63, 3.8) is 0 Å². The minimum absolute atomic E-state index is 0.105. The second-order valence-corrected chi connectivity index (χ2v) is 9.01. The number of piperazine rings is 1. The van der Waals surface area contributed by atoms with Gasteiger partial charge in [-0.15, -0.1) is 0 Å². The van der Waals surface area contributed by atoms with Crippen LogP contribution in [0.3, 0.4) is 0 Å². The molecule has 1 aliphatic carbocycles. The van der Waals surface area contributed by atoms with Crippen LogP contribution in [0.5, 0.6) is 0 Å². The van der Waals surface area contributed by atoms with Crippen LogP contribution >= 0.6 is 0 Å². The fourth-order valence-corrected chi connectivity index (χ4v) is 4.85. The van der Waals surface area contributed by atoms with Crippen molar-refractivity contribution in [3.05, 3.63) is 59.8 Å². The zero-order valence-corrected chi connectivity index (χ0v) is 18.8. The number of hydrogen-bond donors (Lipinski definition) is 1. The molecule has 166 valence electrons. The van der Waals surface area contributed by atoms with Gasteiger partial charge in [-0.1, -0.05) is 49.6 Å². The zero-order valence-electron chi connectivity index (χ0n) is 18.8. The van der Waals surface area contributed by atoms with Gasteiger partial charge in [0.25, 0.3) is 5.91 Å². The van der Waals surface area contributed by atoms with E-state index < -0.39 is 0 Å². The van der Waals surface area contributed by atoms with Crippen LogP contribution in [-0.4, -0.2) is 53.0 Å². The largest absolute Gasteiger partial charge is 0.353 e. The van der Waals surface area contributed by atoms with Gasteiger partial charge in [-0.05, 0) is 42.7 Å². The van der Waals surface area contributed by atoms with E-state index in [1.54, 1.807) is 0 Å². The van der Waals surface area contributed by atoms with E-state index in [0.717, 1.165) is 46.9 Å². The third-order valence-corrected chi connectivity index (χ3v) is 6.67. The average molecular weight is 430 g/mol. The fourth-order valence-electron chi connectivity index (χ4n) is 4.85. The van der Waals surface area contributed by atoms with Gasteiger partial charge in [-0.3, -0.25) is 4.79 Å². The first-order chi connectivity index (χ1) is 15.7. The van der Waals surface area contributed by atoms with Gasteiger partial charge in [0.2, 0.25) is 5.95 Å². The van der Waals surface area contributed by atoms with Crippen molar-refractivity contribution >= 4 is 28.4 Å². The van der Waals surface area contributed by atoms with Gasteiger partial charge in [0.05, 0.1) is 0 Å². The highest BCUT2D eigenvalue weighted by atomic mass is 16.2. The monoisotopic (exact) mass is 429 g/mol. The first kappa shape index (κ1) is 20.7. The Balaban J connectivity index is 1.24. The van der Waals surface area contributed by atoms with Crippen molar-refractivity contribution < 1.29 is 4.79 Å². The molecular weight excluding hydrogens is 398 g/mol. The molecule has 2 fully saturated rings. The number of benzene rings is 2. The summed E-state index contributed by atoms with van der Waals surface area (Å²) in [7, 11) is 0. The maximum absolute atomic E-state index is 13.1. The summed E-state index contributed by atoms with van der Waals surface area (Å²) >= 11 is 0. The van der Waals surface area contributed by atoms with Gasteiger partial charge in [0, 0.05) is 49.5 Å². The normalized spacial score (nSPS) is 17.5. The molecule has 3 aromatic rings. The van der Waals surface area contributed by atoms with Crippen LogP contribution in [0, 0.1) is 6.92 Å². The highest BCUT2D eigenvalue weighted by Crippen LogP contribution is 2.23. The summed E-state index contributed by atoms with van der Waals surface area (Å²) in [5.74, 6) is 1.80. The topological polar surface area (TPSA) is 61.4 Å². The number of nitrogens with one attached hydrogen (secondary N) is 1. The van der Waals surface area contributed by atoms with Crippen molar-refractivity contribution in [2.45, 2.75) is 45.1 Å². The average Bonchev–Trinajstić information content (AvgIpc) is 2.84. The Labute approximate surface area is 189 Å². The lowest BCUT2D eigenvalue weighted by atomic mass is 9.96. The SMILES string of the molecule is Cc1cc(N2CCN(C(=O)c3ccc4ccccc4c3)CC2)nc(NC2CCCCC2)n1. The highest BCUT2D eigenvalue weighted by Gasteiger charge is 2.24. The summed E-state index contributed by atoms with van der Waals surface area (Å²) in [5.41, 5.74) is 1.73. The molecule has 2 aromatic carbocycles. The van der Waals surface area contributed by atoms with Crippen molar-refractivity contribution in [2.75, 3.05) is 36.4 Å². The van der Waals surface area contributed by atoms with Crippen molar-refractivity contribution in [1.82, 2.24) is 14.9 Å². The summed E-state index contributed by atoms with van der Waals surface area (Å²) in [4.78, 5) is 26.7. The Kier molecular flexibility index (Phi) is 5.93. The lowest BCUT2D eigenvalue weighted by molar-refractivity contribution is 0.0746. The second kappa shape index (κ2) is 9.15. The predicted molar refractivity (Wildman–Crippen MR) is 129 cm³/mol. The first-order valence-electron chi connectivity index (χ1n) is 11.8. The molecule has 0 atom stereocenters. The molecule has 6 nitrogen and oxygen atoms in total. The maximum Gasteiger partial charge on any atom is 0.253 e. The molecule has 32 heavy (non-hydrogen) atoms. The van der Waals surface area contributed by atoms with Crippen molar-refractivity contribution in [3.8, 4) is 0 Å². The Hall–Kier alpha value is -3.15. The quantitative estimate of drug-likeness (QED) is 0.654. The molecule has 0 spiro atoms. The van der Waals surface area contributed by atoms with Crippen LogP contribution in [0.25, 0.3) is 10.8 Å². The van der Waals surface area contributed by atoms with Gasteiger partial charge in [-0.25, -0.2) is 4.98 Å². The Morgan fingerprint density at radius 1 is 0.906 bits per heavy atom. The molecule has 0 unspecified atom stereocenters. The first-order valence-corrected chi connectivity index (χ1v) is 11.8. The van der Waals surface area contributed by atoms with Crippen LogP contribution in [0.4, 0.5) is 11.8 Å². The van der Waals surface area contributed by atoms with E-state index in [2.05, 4.69) is 27.3 Å². The minimum Gasteiger partial charge on any atom is -0.353 e. The molecule has 1 saturated heterocycles. The molecule has 1 amide bonds. The van der Waals surface area contributed by atoms with Crippen LogP contribution in [0.15, 0.2) is 48.5 Å². The molecule has 0 radical (unpaired) electrons. The maximum atomic E-state index is 13.1. The summed E-state index contributed by atoms with van der Waals surface area (Å²) in [5, 5.41) is 5.81.